The molecule has 0 aliphatic heterocycles. The van der Waals surface area contributed by atoms with Crippen molar-refractivity contribution in [3.63, 3.8) is 0 Å². The Hall–Kier alpha value is -1.46. The fourth-order valence-electron chi connectivity index (χ4n) is 2.01. The zero-order chi connectivity index (χ0) is 14.4. The van der Waals surface area contributed by atoms with Gasteiger partial charge >= 0.3 is 0 Å². The molecule has 108 valence electrons. The molecule has 20 heavy (non-hydrogen) atoms. The monoisotopic (exact) mass is 291 g/mol. The first-order valence-electron chi connectivity index (χ1n) is 6.95. The fourth-order valence-corrected chi connectivity index (χ4v) is 2.97. The van der Waals surface area contributed by atoms with Gasteiger partial charge in [-0.05, 0) is 18.6 Å². The maximum Gasteiger partial charge on any atom is 0.185 e. The molecule has 0 amide bonds. The quantitative estimate of drug-likeness (QED) is 0.852. The molecule has 0 aliphatic rings. The topological polar surface area (TPSA) is 49.2 Å². The molecular weight excluding hydrogens is 270 g/mol. The second-order valence-corrected chi connectivity index (χ2v) is 5.83. The van der Waals surface area contributed by atoms with Crippen molar-refractivity contribution in [3.8, 4) is 0 Å². The minimum Gasteiger partial charge on any atom is -0.391 e. The van der Waals surface area contributed by atoms with Gasteiger partial charge in [-0.15, -0.1) is 0 Å². The van der Waals surface area contributed by atoms with Gasteiger partial charge in [0.1, 0.15) is 0 Å². The third kappa shape index (κ3) is 3.77. The number of pyridine rings is 1. The number of thiazole rings is 1. The Morgan fingerprint density at radius 2 is 2.15 bits per heavy atom. The molecule has 2 aromatic heterocycles. The standard InChI is InChI=1S/C15H21N3OS/c1-3-6-13-14(11-19)20-15(17-13)18(2)10-8-12-7-4-5-9-16-12/h4-5,7,9,19H,3,6,8,10-11H2,1-2H3. The summed E-state index contributed by atoms with van der Waals surface area (Å²) in [6.07, 6.45) is 4.70. The van der Waals surface area contributed by atoms with Crippen molar-refractivity contribution in [3.05, 3.63) is 40.7 Å². The van der Waals surface area contributed by atoms with E-state index in [2.05, 4.69) is 21.8 Å². The number of nitrogens with zero attached hydrogens (tertiary/aromatic N) is 3. The van der Waals surface area contributed by atoms with Crippen LogP contribution in [0.5, 0.6) is 0 Å². The predicted octanol–water partition coefficient (Wildman–Crippen LogP) is 2.66. The highest BCUT2D eigenvalue weighted by Gasteiger charge is 2.12. The summed E-state index contributed by atoms with van der Waals surface area (Å²) in [5.41, 5.74) is 2.13. The number of anilines is 1. The molecular formula is C15H21N3OS. The van der Waals surface area contributed by atoms with Crippen LogP contribution in [-0.4, -0.2) is 28.7 Å². The molecule has 0 radical (unpaired) electrons. The molecule has 1 N–H and O–H groups in total. The molecule has 0 spiro atoms. The van der Waals surface area contributed by atoms with Crippen LogP contribution in [0.1, 0.15) is 29.6 Å². The van der Waals surface area contributed by atoms with Crippen LogP contribution in [-0.2, 0) is 19.4 Å². The van der Waals surface area contributed by atoms with Crippen molar-refractivity contribution in [1.82, 2.24) is 9.97 Å². The van der Waals surface area contributed by atoms with E-state index in [9.17, 15) is 5.11 Å². The van der Waals surface area contributed by atoms with Gasteiger partial charge in [0.2, 0.25) is 0 Å². The summed E-state index contributed by atoms with van der Waals surface area (Å²) in [6.45, 7) is 3.09. The number of likely N-dealkylation sites (N-methyl/N-ethyl adjacent to an activating group) is 1. The van der Waals surface area contributed by atoms with E-state index in [4.69, 9.17) is 0 Å². The van der Waals surface area contributed by atoms with Crippen molar-refractivity contribution in [2.24, 2.45) is 0 Å². The van der Waals surface area contributed by atoms with E-state index in [0.29, 0.717) is 0 Å². The number of rotatable bonds is 7. The Bertz CT molecular complexity index is 527. The molecule has 0 aromatic carbocycles. The van der Waals surface area contributed by atoms with E-state index >= 15 is 0 Å². The molecule has 0 atom stereocenters. The first kappa shape index (κ1) is 14.9. The highest BCUT2D eigenvalue weighted by Crippen LogP contribution is 2.26. The highest BCUT2D eigenvalue weighted by molar-refractivity contribution is 7.15. The lowest BCUT2D eigenvalue weighted by molar-refractivity contribution is 0.284. The zero-order valence-electron chi connectivity index (χ0n) is 12.0. The lowest BCUT2D eigenvalue weighted by Crippen LogP contribution is -2.20. The average molecular weight is 291 g/mol. The van der Waals surface area contributed by atoms with Gasteiger partial charge in [0.15, 0.2) is 5.13 Å². The predicted molar refractivity (Wildman–Crippen MR) is 83.2 cm³/mol. The first-order chi connectivity index (χ1) is 9.74. The Morgan fingerprint density at radius 1 is 1.30 bits per heavy atom. The summed E-state index contributed by atoms with van der Waals surface area (Å²) in [5, 5.41) is 10.4. The van der Waals surface area contributed by atoms with Crippen LogP contribution >= 0.6 is 11.3 Å². The van der Waals surface area contributed by atoms with Crippen molar-refractivity contribution in [2.45, 2.75) is 32.8 Å². The zero-order valence-corrected chi connectivity index (χ0v) is 12.9. The second kappa shape index (κ2) is 7.36. The molecule has 0 saturated carbocycles. The van der Waals surface area contributed by atoms with Crippen molar-refractivity contribution >= 4 is 16.5 Å². The maximum atomic E-state index is 9.39. The summed E-state index contributed by atoms with van der Waals surface area (Å²) in [5.74, 6) is 0. The Morgan fingerprint density at radius 3 is 2.80 bits per heavy atom. The van der Waals surface area contributed by atoms with E-state index < -0.39 is 0 Å². The van der Waals surface area contributed by atoms with Gasteiger partial charge in [-0.25, -0.2) is 4.98 Å². The van der Waals surface area contributed by atoms with E-state index in [1.165, 1.54) is 0 Å². The van der Waals surface area contributed by atoms with Crippen molar-refractivity contribution in [1.29, 1.82) is 0 Å². The van der Waals surface area contributed by atoms with Crippen LogP contribution < -0.4 is 4.90 Å². The van der Waals surface area contributed by atoms with Gasteiger partial charge in [0.05, 0.1) is 17.2 Å². The molecule has 0 aliphatic carbocycles. The van der Waals surface area contributed by atoms with Crippen molar-refractivity contribution < 1.29 is 5.11 Å². The van der Waals surface area contributed by atoms with Crippen LogP contribution in [0.25, 0.3) is 0 Å². The molecule has 5 heteroatoms. The minimum absolute atomic E-state index is 0.0844. The summed E-state index contributed by atoms with van der Waals surface area (Å²) in [6, 6.07) is 5.98. The van der Waals surface area contributed by atoms with Gasteiger partial charge in [0.25, 0.3) is 0 Å². The summed E-state index contributed by atoms with van der Waals surface area (Å²) in [4.78, 5) is 12.1. The minimum atomic E-state index is 0.0844. The Labute approximate surface area is 124 Å². The molecule has 0 fully saturated rings. The summed E-state index contributed by atoms with van der Waals surface area (Å²) >= 11 is 1.59. The lowest BCUT2D eigenvalue weighted by Gasteiger charge is -2.15. The average Bonchev–Trinajstić information content (AvgIpc) is 2.89. The molecule has 0 saturated heterocycles. The molecule has 0 bridgehead atoms. The van der Waals surface area contributed by atoms with Gasteiger partial charge in [-0.1, -0.05) is 30.7 Å². The van der Waals surface area contributed by atoms with Crippen LogP contribution in [0.4, 0.5) is 5.13 Å². The van der Waals surface area contributed by atoms with E-state index in [1.54, 1.807) is 11.3 Å². The van der Waals surface area contributed by atoms with Gasteiger partial charge in [-0.3, -0.25) is 4.98 Å². The first-order valence-corrected chi connectivity index (χ1v) is 7.76. The number of hydrogen-bond donors (Lipinski definition) is 1. The van der Waals surface area contributed by atoms with E-state index in [-0.39, 0.29) is 6.61 Å². The normalized spacial score (nSPS) is 10.8. The highest BCUT2D eigenvalue weighted by atomic mass is 32.1. The largest absolute Gasteiger partial charge is 0.391 e. The third-order valence-corrected chi connectivity index (χ3v) is 4.35. The number of aliphatic hydroxyl groups is 1. The summed E-state index contributed by atoms with van der Waals surface area (Å²) < 4.78 is 0. The molecule has 2 rings (SSSR count). The molecule has 2 aromatic rings. The maximum absolute atomic E-state index is 9.39. The van der Waals surface area contributed by atoms with Crippen LogP contribution in [0.15, 0.2) is 24.4 Å². The van der Waals surface area contributed by atoms with Crippen LogP contribution in [0.2, 0.25) is 0 Å². The number of aromatic nitrogens is 2. The Kier molecular flexibility index (Phi) is 5.49. The number of hydrogen-bond acceptors (Lipinski definition) is 5. The van der Waals surface area contributed by atoms with Gasteiger partial charge < -0.3 is 10.0 Å². The number of aliphatic hydroxyl groups excluding tert-OH is 1. The molecule has 0 unspecified atom stereocenters. The van der Waals surface area contributed by atoms with Crippen LogP contribution in [0.3, 0.4) is 0 Å². The van der Waals surface area contributed by atoms with E-state index in [1.807, 2.05) is 31.4 Å². The number of aryl methyl sites for hydroxylation is 1. The lowest BCUT2D eigenvalue weighted by atomic mass is 10.2. The van der Waals surface area contributed by atoms with Crippen LogP contribution in [0, 0.1) is 0 Å². The Balaban J connectivity index is 2.00. The smallest absolute Gasteiger partial charge is 0.185 e. The van der Waals surface area contributed by atoms with Gasteiger partial charge in [-0.2, -0.15) is 0 Å². The second-order valence-electron chi connectivity index (χ2n) is 4.77. The molecule has 4 nitrogen and oxygen atoms in total. The SMILES string of the molecule is CCCc1nc(N(C)CCc2ccccn2)sc1CO. The molecule has 2 heterocycles. The van der Waals surface area contributed by atoms with E-state index in [0.717, 1.165) is 47.2 Å². The summed E-state index contributed by atoms with van der Waals surface area (Å²) in [7, 11) is 2.04. The third-order valence-electron chi connectivity index (χ3n) is 3.15. The van der Waals surface area contributed by atoms with Crippen molar-refractivity contribution in [2.75, 3.05) is 18.5 Å². The van der Waals surface area contributed by atoms with Gasteiger partial charge in [0, 0.05) is 31.9 Å². The fraction of sp³-hybridized carbons (Fsp3) is 0.467.